The lowest BCUT2D eigenvalue weighted by atomic mass is 10.1. The predicted molar refractivity (Wildman–Crippen MR) is 133 cm³/mol. The first-order valence-corrected chi connectivity index (χ1v) is 14.6. The maximum absolute atomic E-state index is 14.6. The summed E-state index contributed by atoms with van der Waals surface area (Å²) in [5.41, 5.74) is -3.05. The van der Waals surface area contributed by atoms with E-state index in [1.807, 2.05) is 10.0 Å². The third-order valence-corrected chi connectivity index (χ3v) is 6.99. The summed E-state index contributed by atoms with van der Waals surface area (Å²) in [4.78, 5) is 10.9. The second kappa shape index (κ2) is 11.8. The first kappa shape index (κ1) is 30.8. The van der Waals surface area contributed by atoms with Crippen molar-refractivity contribution in [1.82, 2.24) is 19.7 Å². The normalized spacial score (nSPS) is 12.3. The third-order valence-electron chi connectivity index (χ3n) is 5.06. The number of rotatable bonds is 11. The molecule has 3 rings (SSSR count). The Bertz CT molecular complexity index is 1620. The molecule has 0 unspecified atom stereocenters. The summed E-state index contributed by atoms with van der Waals surface area (Å²) in [5.74, 6) is -6.89. The summed E-state index contributed by atoms with van der Waals surface area (Å²) in [6.45, 7) is 0.175. The lowest BCUT2D eigenvalue weighted by Gasteiger charge is -2.17. The zero-order chi connectivity index (χ0) is 29.9. The molecule has 3 aromatic rings. The van der Waals surface area contributed by atoms with Crippen LogP contribution in [0.5, 0.6) is 0 Å². The standard InChI is InChI=1S/C21H21F6N7O4S2/c1-3-40(37,38)34-18-11(5-4-6-28-18)8-29-19-13(21(25,26)27)10-30-20(33-19)32-17-14(22)7-12(15(23)16(17)24)9-31-39(2,35)36/h4-7,10,31H,3,8-9H2,1-2H3,(H,28,34)(H2,29,30,32,33). The fraction of sp³-hybridized carbons (Fsp3) is 0.286. The molecule has 0 radical (unpaired) electrons. The fourth-order valence-electron chi connectivity index (χ4n) is 3.06. The van der Waals surface area contributed by atoms with E-state index in [0.717, 1.165) is 6.26 Å². The number of nitrogens with one attached hydrogen (secondary N) is 4. The summed E-state index contributed by atoms with van der Waals surface area (Å²) >= 11 is 0. The summed E-state index contributed by atoms with van der Waals surface area (Å²) in [5, 5.41) is 4.36. The molecule has 11 nitrogen and oxygen atoms in total. The van der Waals surface area contributed by atoms with Crippen LogP contribution in [0.3, 0.4) is 0 Å². The highest BCUT2D eigenvalue weighted by atomic mass is 32.2. The molecule has 0 bridgehead atoms. The minimum Gasteiger partial charge on any atom is -0.365 e. The minimum atomic E-state index is -4.97. The van der Waals surface area contributed by atoms with E-state index in [9.17, 15) is 43.2 Å². The minimum absolute atomic E-state index is 0.137. The maximum atomic E-state index is 14.6. The van der Waals surface area contributed by atoms with E-state index in [0.29, 0.717) is 12.3 Å². The number of sulfonamides is 2. The Labute approximate surface area is 224 Å². The van der Waals surface area contributed by atoms with Crippen molar-refractivity contribution in [2.75, 3.05) is 27.4 Å². The molecule has 0 fully saturated rings. The van der Waals surface area contributed by atoms with Crippen LogP contribution < -0.4 is 20.1 Å². The fourth-order valence-corrected chi connectivity index (χ4v) is 4.10. The van der Waals surface area contributed by atoms with Gasteiger partial charge in [-0.3, -0.25) is 4.72 Å². The van der Waals surface area contributed by atoms with Gasteiger partial charge < -0.3 is 10.6 Å². The summed E-state index contributed by atoms with van der Waals surface area (Å²) in [6.07, 6.45) is -2.65. The second-order valence-electron chi connectivity index (χ2n) is 8.06. The summed E-state index contributed by atoms with van der Waals surface area (Å²) in [7, 11) is -7.58. The number of benzene rings is 1. The molecule has 0 aliphatic carbocycles. The van der Waals surface area contributed by atoms with E-state index in [1.165, 1.54) is 25.3 Å². The molecule has 40 heavy (non-hydrogen) atoms. The van der Waals surface area contributed by atoms with Crippen molar-refractivity contribution in [2.24, 2.45) is 0 Å². The zero-order valence-electron chi connectivity index (χ0n) is 20.6. The van der Waals surface area contributed by atoms with Gasteiger partial charge in [-0.25, -0.2) is 44.7 Å². The smallest absolute Gasteiger partial charge is 0.365 e. The topological polar surface area (TPSA) is 155 Å². The van der Waals surface area contributed by atoms with Gasteiger partial charge in [0.2, 0.25) is 26.0 Å². The van der Waals surface area contributed by atoms with Crippen molar-refractivity contribution >= 4 is 43.3 Å². The first-order valence-electron chi connectivity index (χ1n) is 11.0. The molecule has 0 spiro atoms. The summed E-state index contributed by atoms with van der Waals surface area (Å²) in [6, 6.07) is 3.28. The van der Waals surface area contributed by atoms with Crippen molar-refractivity contribution in [2.45, 2.75) is 26.2 Å². The lowest BCUT2D eigenvalue weighted by molar-refractivity contribution is -0.137. The highest BCUT2D eigenvalue weighted by Gasteiger charge is 2.35. The number of nitrogens with zero attached hydrogens (tertiary/aromatic N) is 3. The zero-order valence-corrected chi connectivity index (χ0v) is 22.2. The molecule has 0 saturated carbocycles. The average Bonchev–Trinajstić information content (AvgIpc) is 2.86. The van der Waals surface area contributed by atoms with Gasteiger partial charge in [0.05, 0.1) is 12.0 Å². The Morgan fingerprint density at radius 2 is 1.65 bits per heavy atom. The van der Waals surface area contributed by atoms with Crippen molar-refractivity contribution in [1.29, 1.82) is 0 Å². The third kappa shape index (κ3) is 7.92. The molecule has 2 heterocycles. The molecular formula is C21H21F6N7O4S2. The van der Waals surface area contributed by atoms with Gasteiger partial charge >= 0.3 is 6.18 Å². The number of pyridine rings is 1. The average molecular weight is 614 g/mol. The predicted octanol–water partition coefficient (Wildman–Crippen LogP) is 3.47. The van der Waals surface area contributed by atoms with Crippen LogP contribution in [0, 0.1) is 17.5 Å². The molecule has 4 N–H and O–H groups in total. The Kier molecular flexibility index (Phi) is 9.10. The Hall–Kier alpha value is -3.71. The highest BCUT2D eigenvalue weighted by Crippen LogP contribution is 2.35. The van der Waals surface area contributed by atoms with Crippen molar-refractivity contribution < 1.29 is 43.2 Å². The van der Waals surface area contributed by atoms with Gasteiger partial charge in [0.25, 0.3) is 0 Å². The van der Waals surface area contributed by atoms with E-state index in [1.54, 1.807) is 0 Å². The van der Waals surface area contributed by atoms with Crippen LogP contribution in [0.15, 0.2) is 30.6 Å². The van der Waals surface area contributed by atoms with Gasteiger partial charge in [-0.2, -0.15) is 18.2 Å². The van der Waals surface area contributed by atoms with Gasteiger partial charge in [0.15, 0.2) is 11.6 Å². The van der Waals surface area contributed by atoms with Crippen LogP contribution in [0.25, 0.3) is 0 Å². The molecule has 0 aliphatic rings. The van der Waals surface area contributed by atoms with Crippen LogP contribution in [-0.2, 0) is 39.3 Å². The van der Waals surface area contributed by atoms with Crippen molar-refractivity contribution in [3.8, 4) is 0 Å². The number of alkyl halides is 3. The molecular weight excluding hydrogens is 592 g/mol. The molecule has 1 aromatic carbocycles. The van der Waals surface area contributed by atoms with E-state index in [2.05, 4.69) is 25.0 Å². The van der Waals surface area contributed by atoms with Crippen LogP contribution in [0.1, 0.15) is 23.6 Å². The van der Waals surface area contributed by atoms with Crippen molar-refractivity contribution in [3.05, 3.63) is 64.7 Å². The van der Waals surface area contributed by atoms with E-state index in [-0.39, 0.29) is 17.1 Å². The maximum Gasteiger partial charge on any atom is 0.421 e. The largest absolute Gasteiger partial charge is 0.421 e. The van der Waals surface area contributed by atoms with Gasteiger partial charge in [0.1, 0.15) is 28.7 Å². The van der Waals surface area contributed by atoms with E-state index < -0.39 is 85.3 Å². The number of anilines is 4. The van der Waals surface area contributed by atoms with E-state index in [4.69, 9.17) is 0 Å². The molecule has 19 heteroatoms. The first-order chi connectivity index (χ1) is 18.5. The molecule has 0 amide bonds. The molecule has 0 saturated heterocycles. The Morgan fingerprint density at radius 1 is 0.950 bits per heavy atom. The molecule has 218 valence electrons. The van der Waals surface area contributed by atoms with Crippen molar-refractivity contribution in [3.63, 3.8) is 0 Å². The SMILES string of the molecule is CCS(=O)(=O)Nc1ncccc1CNc1nc(Nc2c(F)cc(CNS(C)(=O)=O)c(F)c2F)ncc1C(F)(F)F. The van der Waals surface area contributed by atoms with Gasteiger partial charge in [-0.05, 0) is 19.1 Å². The molecule has 0 aliphatic heterocycles. The number of halogens is 6. The molecule has 2 aromatic heterocycles. The van der Waals surface area contributed by atoms with Crippen LogP contribution in [-0.4, -0.2) is 43.8 Å². The monoisotopic (exact) mass is 613 g/mol. The Morgan fingerprint density at radius 3 is 2.27 bits per heavy atom. The van der Waals surface area contributed by atoms with Gasteiger partial charge in [-0.1, -0.05) is 6.07 Å². The number of aromatic nitrogens is 3. The quantitative estimate of drug-likeness (QED) is 0.188. The summed E-state index contributed by atoms with van der Waals surface area (Å²) < 4.78 is 135. The van der Waals surface area contributed by atoms with Crippen LogP contribution >= 0.6 is 0 Å². The highest BCUT2D eigenvalue weighted by molar-refractivity contribution is 7.92. The number of hydrogen-bond donors (Lipinski definition) is 4. The second-order valence-corrected chi connectivity index (χ2v) is 11.9. The number of hydrogen-bond acceptors (Lipinski definition) is 9. The Balaban J connectivity index is 1.93. The van der Waals surface area contributed by atoms with Crippen LogP contribution in [0.2, 0.25) is 0 Å². The van der Waals surface area contributed by atoms with Crippen LogP contribution in [0.4, 0.5) is 49.6 Å². The van der Waals surface area contributed by atoms with Gasteiger partial charge in [-0.15, -0.1) is 0 Å². The molecule has 0 atom stereocenters. The van der Waals surface area contributed by atoms with Gasteiger partial charge in [0, 0.05) is 36.6 Å². The van der Waals surface area contributed by atoms with E-state index >= 15 is 0 Å². The lowest BCUT2D eigenvalue weighted by Crippen LogP contribution is -2.22.